The summed E-state index contributed by atoms with van der Waals surface area (Å²) in [6, 6.07) is 7.10. The molecule has 0 saturated carbocycles. The van der Waals surface area contributed by atoms with Gasteiger partial charge in [-0.05, 0) is 37.5 Å². The molecule has 0 aliphatic carbocycles. The highest BCUT2D eigenvalue weighted by Gasteiger charge is 2.17. The largest absolute Gasteiger partial charge is 0.490 e. The molecule has 112 valence electrons. The highest BCUT2D eigenvalue weighted by Crippen LogP contribution is 2.32. The molecule has 1 N–H and O–H groups in total. The highest BCUT2D eigenvalue weighted by molar-refractivity contribution is 5.44. The van der Waals surface area contributed by atoms with Gasteiger partial charge in [-0.2, -0.15) is 0 Å². The van der Waals surface area contributed by atoms with Crippen LogP contribution >= 0.6 is 0 Å². The molecule has 0 radical (unpaired) electrons. The van der Waals surface area contributed by atoms with E-state index >= 15 is 0 Å². The summed E-state index contributed by atoms with van der Waals surface area (Å²) in [4.78, 5) is 0. The Morgan fingerprint density at radius 3 is 2.50 bits per heavy atom. The van der Waals surface area contributed by atoms with Crippen LogP contribution in [0.1, 0.15) is 52.1 Å². The van der Waals surface area contributed by atoms with Crippen molar-refractivity contribution in [1.82, 2.24) is 5.32 Å². The van der Waals surface area contributed by atoms with E-state index < -0.39 is 0 Å². The summed E-state index contributed by atoms with van der Waals surface area (Å²) >= 11 is 0. The lowest BCUT2D eigenvalue weighted by Gasteiger charge is -2.25. The minimum atomic E-state index is 0.316. The molecular weight excluding hydrogens is 250 g/mol. The Kier molecular flexibility index (Phi) is 5.30. The molecule has 0 bridgehead atoms. The van der Waals surface area contributed by atoms with E-state index in [4.69, 9.17) is 9.47 Å². The zero-order valence-electron chi connectivity index (χ0n) is 13.1. The molecule has 1 aliphatic heterocycles. The number of nitrogens with one attached hydrogen (secondary N) is 1. The van der Waals surface area contributed by atoms with Gasteiger partial charge < -0.3 is 14.8 Å². The van der Waals surface area contributed by atoms with E-state index in [1.807, 2.05) is 6.07 Å². The van der Waals surface area contributed by atoms with Gasteiger partial charge >= 0.3 is 0 Å². The molecule has 0 saturated heterocycles. The summed E-state index contributed by atoms with van der Waals surface area (Å²) in [6.45, 7) is 10.5. The van der Waals surface area contributed by atoms with Crippen LogP contribution in [0.15, 0.2) is 18.2 Å². The van der Waals surface area contributed by atoms with E-state index in [2.05, 4.69) is 45.1 Å². The third-order valence-corrected chi connectivity index (χ3v) is 4.28. The number of rotatable bonds is 5. The van der Waals surface area contributed by atoms with Crippen LogP contribution in [0, 0.1) is 5.92 Å². The smallest absolute Gasteiger partial charge is 0.161 e. The van der Waals surface area contributed by atoms with Crippen molar-refractivity contribution in [2.45, 2.75) is 52.6 Å². The maximum Gasteiger partial charge on any atom is 0.161 e. The third-order valence-electron chi connectivity index (χ3n) is 4.28. The van der Waals surface area contributed by atoms with Crippen molar-refractivity contribution in [2.24, 2.45) is 5.92 Å². The van der Waals surface area contributed by atoms with Crippen LogP contribution in [-0.2, 0) is 0 Å². The Morgan fingerprint density at radius 2 is 1.80 bits per heavy atom. The Morgan fingerprint density at radius 1 is 1.10 bits per heavy atom. The van der Waals surface area contributed by atoms with E-state index in [1.54, 1.807) is 0 Å². The van der Waals surface area contributed by atoms with Gasteiger partial charge in [-0.15, -0.1) is 0 Å². The first-order chi connectivity index (χ1) is 9.61. The summed E-state index contributed by atoms with van der Waals surface area (Å²) < 4.78 is 11.4. The fraction of sp³-hybridized carbons (Fsp3) is 0.647. The summed E-state index contributed by atoms with van der Waals surface area (Å²) in [6.07, 6.45) is 2.14. The molecule has 1 aromatic carbocycles. The Hall–Kier alpha value is -1.22. The fourth-order valence-electron chi connectivity index (χ4n) is 2.46. The lowest BCUT2D eigenvalue weighted by Crippen LogP contribution is -2.33. The van der Waals surface area contributed by atoms with E-state index in [9.17, 15) is 0 Å². The van der Waals surface area contributed by atoms with Gasteiger partial charge in [0.1, 0.15) is 0 Å². The lowest BCUT2D eigenvalue weighted by atomic mass is 9.98. The second-order valence-electron chi connectivity index (χ2n) is 5.82. The van der Waals surface area contributed by atoms with Crippen molar-refractivity contribution in [3.63, 3.8) is 0 Å². The number of fused-ring (bicyclic) bond motifs is 1. The predicted octanol–water partition coefficient (Wildman–Crippen LogP) is 3.93. The van der Waals surface area contributed by atoms with Gasteiger partial charge in [-0.3, -0.25) is 0 Å². The topological polar surface area (TPSA) is 30.5 Å². The Labute approximate surface area is 122 Å². The van der Waals surface area contributed by atoms with Crippen molar-refractivity contribution in [2.75, 3.05) is 13.2 Å². The average Bonchev–Trinajstić information content (AvgIpc) is 2.70. The quantitative estimate of drug-likeness (QED) is 0.884. The second-order valence-corrected chi connectivity index (χ2v) is 5.82. The normalized spacial score (nSPS) is 19.0. The second kappa shape index (κ2) is 6.98. The standard InChI is InChI=1S/C17H27NO2/c1-5-12(2)13(3)18-14(4)15-7-8-16-17(11-15)20-10-6-9-19-16/h7-8,11-14,18H,5-6,9-10H2,1-4H3. The number of hydrogen-bond donors (Lipinski definition) is 1. The monoisotopic (exact) mass is 277 g/mol. The van der Waals surface area contributed by atoms with Crippen LogP contribution in [-0.4, -0.2) is 19.3 Å². The summed E-state index contributed by atoms with van der Waals surface area (Å²) in [5.74, 6) is 2.43. The Bertz CT molecular complexity index is 433. The Balaban J connectivity index is 2.06. The minimum Gasteiger partial charge on any atom is -0.490 e. The van der Waals surface area contributed by atoms with Crippen molar-refractivity contribution in [3.05, 3.63) is 23.8 Å². The van der Waals surface area contributed by atoms with Crippen LogP contribution < -0.4 is 14.8 Å². The summed E-state index contributed by atoms with van der Waals surface area (Å²) in [7, 11) is 0. The van der Waals surface area contributed by atoms with Gasteiger partial charge in [0.25, 0.3) is 0 Å². The third kappa shape index (κ3) is 3.66. The number of hydrogen-bond acceptors (Lipinski definition) is 3. The van der Waals surface area contributed by atoms with Crippen molar-refractivity contribution in [3.8, 4) is 11.5 Å². The van der Waals surface area contributed by atoms with Crippen LogP contribution in [0.4, 0.5) is 0 Å². The summed E-state index contributed by atoms with van der Waals surface area (Å²) in [5.41, 5.74) is 1.25. The zero-order chi connectivity index (χ0) is 14.5. The van der Waals surface area contributed by atoms with Crippen molar-refractivity contribution < 1.29 is 9.47 Å². The molecule has 0 fully saturated rings. The van der Waals surface area contributed by atoms with Gasteiger partial charge in [0.05, 0.1) is 13.2 Å². The zero-order valence-corrected chi connectivity index (χ0v) is 13.1. The number of benzene rings is 1. The first-order valence-electron chi connectivity index (χ1n) is 7.77. The molecule has 1 aliphatic rings. The average molecular weight is 277 g/mol. The molecule has 0 aromatic heterocycles. The van der Waals surface area contributed by atoms with Gasteiger partial charge in [-0.1, -0.05) is 26.3 Å². The van der Waals surface area contributed by atoms with E-state index in [0.29, 0.717) is 18.0 Å². The molecule has 0 amide bonds. The molecule has 3 atom stereocenters. The summed E-state index contributed by atoms with van der Waals surface area (Å²) in [5, 5.41) is 3.67. The van der Waals surface area contributed by atoms with Crippen LogP contribution in [0.5, 0.6) is 11.5 Å². The molecule has 20 heavy (non-hydrogen) atoms. The molecule has 3 unspecified atom stereocenters. The molecular formula is C17H27NO2. The van der Waals surface area contributed by atoms with Gasteiger partial charge in [0, 0.05) is 18.5 Å². The van der Waals surface area contributed by atoms with E-state index in [1.165, 1.54) is 12.0 Å². The van der Waals surface area contributed by atoms with E-state index in [-0.39, 0.29) is 0 Å². The molecule has 2 rings (SSSR count). The molecule has 3 heteroatoms. The fourth-order valence-corrected chi connectivity index (χ4v) is 2.46. The lowest BCUT2D eigenvalue weighted by molar-refractivity contribution is 0.296. The molecule has 3 nitrogen and oxygen atoms in total. The van der Waals surface area contributed by atoms with Crippen LogP contribution in [0.3, 0.4) is 0 Å². The van der Waals surface area contributed by atoms with Crippen molar-refractivity contribution >= 4 is 0 Å². The van der Waals surface area contributed by atoms with Gasteiger partial charge in [-0.25, -0.2) is 0 Å². The molecule has 0 spiro atoms. The maximum absolute atomic E-state index is 5.76. The van der Waals surface area contributed by atoms with Crippen LogP contribution in [0.25, 0.3) is 0 Å². The maximum atomic E-state index is 5.76. The van der Waals surface area contributed by atoms with Gasteiger partial charge in [0.15, 0.2) is 11.5 Å². The molecule has 1 heterocycles. The van der Waals surface area contributed by atoms with Crippen LogP contribution in [0.2, 0.25) is 0 Å². The SMILES string of the molecule is CCC(C)C(C)NC(C)c1ccc2c(c1)OCCCO2. The van der Waals surface area contributed by atoms with Crippen molar-refractivity contribution in [1.29, 1.82) is 0 Å². The predicted molar refractivity (Wildman–Crippen MR) is 82.5 cm³/mol. The van der Waals surface area contributed by atoms with E-state index in [0.717, 1.165) is 31.1 Å². The highest BCUT2D eigenvalue weighted by atomic mass is 16.5. The first-order valence-corrected chi connectivity index (χ1v) is 7.77. The first kappa shape index (κ1) is 15.2. The van der Waals surface area contributed by atoms with Gasteiger partial charge in [0.2, 0.25) is 0 Å². The minimum absolute atomic E-state index is 0.316. The number of ether oxygens (including phenoxy) is 2. The molecule has 1 aromatic rings.